The quantitative estimate of drug-likeness (QED) is 0.734. The number of halogens is 1. The van der Waals surface area contributed by atoms with Crippen molar-refractivity contribution in [2.24, 2.45) is 0 Å². The van der Waals surface area contributed by atoms with E-state index in [0.29, 0.717) is 6.42 Å². The average Bonchev–Trinajstić information content (AvgIpc) is 2.37. The smallest absolute Gasteiger partial charge is 0.336 e. The molecule has 112 valence electrons. The van der Waals surface area contributed by atoms with E-state index in [-0.39, 0.29) is 27.7 Å². The van der Waals surface area contributed by atoms with Crippen LogP contribution < -0.4 is 4.72 Å². The van der Waals surface area contributed by atoms with Gasteiger partial charge in [-0.3, -0.25) is 0 Å². The first-order valence-electron chi connectivity index (χ1n) is 5.89. The van der Waals surface area contributed by atoms with E-state index in [2.05, 4.69) is 4.72 Å². The van der Waals surface area contributed by atoms with Crippen molar-refractivity contribution in [1.82, 2.24) is 4.72 Å². The number of nitrogens with one attached hydrogen (secondary N) is 1. The third-order valence-electron chi connectivity index (χ3n) is 2.88. The van der Waals surface area contributed by atoms with E-state index in [9.17, 15) is 13.2 Å². The number of aromatic carboxylic acids is 1. The van der Waals surface area contributed by atoms with E-state index in [1.807, 2.05) is 0 Å². The Hall–Kier alpha value is -1.15. The van der Waals surface area contributed by atoms with Crippen molar-refractivity contribution in [3.63, 3.8) is 0 Å². The Bertz CT molecular complexity index is 611. The summed E-state index contributed by atoms with van der Waals surface area (Å²) in [6.45, 7) is 2.77. The fraction of sp³-hybridized carbons (Fsp3) is 0.417. The van der Waals surface area contributed by atoms with Crippen LogP contribution >= 0.6 is 11.6 Å². The fourth-order valence-corrected chi connectivity index (χ4v) is 3.57. The molecule has 0 saturated heterocycles. The average molecular weight is 322 g/mol. The lowest BCUT2D eigenvalue weighted by Gasteiger charge is -2.16. The molecule has 1 aromatic rings. The van der Waals surface area contributed by atoms with Crippen LogP contribution in [0.25, 0.3) is 0 Å². The van der Waals surface area contributed by atoms with E-state index in [4.69, 9.17) is 21.8 Å². The van der Waals surface area contributed by atoms with Crippen LogP contribution in [0, 0.1) is 6.92 Å². The molecular weight excluding hydrogens is 306 g/mol. The van der Waals surface area contributed by atoms with Gasteiger partial charge in [0.2, 0.25) is 10.0 Å². The molecule has 0 bridgehead atoms. The van der Waals surface area contributed by atoms with E-state index in [1.165, 1.54) is 19.1 Å². The van der Waals surface area contributed by atoms with Gasteiger partial charge in [-0.05, 0) is 31.0 Å². The second-order valence-electron chi connectivity index (χ2n) is 4.29. The number of aliphatic hydroxyl groups is 1. The Morgan fingerprint density at radius 3 is 2.50 bits per heavy atom. The summed E-state index contributed by atoms with van der Waals surface area (Å²) >= 11 is 5.77. The second kappa shape index (κ2) is 6.53. The molecule has 0 fully saturated rings. The molecule has 0 saturated carbocycles. The number of hydrogen-bond acceptors (Lipinski definition) is 4. The molecule has 0 amide bonds. The van der Waals surface area contributed by atoms with Crippen LogP contribution in [0.15, 0.2) is 17.0 Å². The maximum absolute atomic E-state index is 12.2. The van der Waals surface area contributed by atoms with Gasteiger partial charge in [0.05, 0.1) is 17.1 Å². The minimum absolute atomic E-state index is 0.0189. The summed E-state index contributed by atoms with van der Waals surface area (Å²) < 4.78 is 26.8. The Morgan fingerprint density at radius 1 is 1.45 bits per heavy atom. The number of carbonyl (C=O) groups is 1. The van der Waals surface area contributed by atoms with Crippen LogP contribution in [0.4, 0.5) is 0 Å². The summed E-state index contributed by atoms with van der Waals surface area (Å²) in [5.41, 5.74) is -0.0721. The van der Waals surface area contributed by atoms with Crippen molar-refractivity contribution in [3.8, 4) is 0 Å². The van der Waals surface area contributed by atoms with E-state index >= 15 is 0 Å². The van der Waals surface area contributed by atoms with Crippen molar-refractivity contribution in [3.05, 3.63) is 28.3 Å². The first kappa shape index (κ1) is 16.9. The van der Waals surface area contributed by atoms with Crippen molar-refractivity contribution in [1.29, 1.82) is 0 Å². The summed E-state index contributed by atoms with van der Waals surface area (Å²) in [7, 11) is -3.95. The van der Waals surface area contributed by atoms with Gasteiger partial charge in [0.1, 0.15) is 0 Å². The zero-order valence-corrected chi connectivity index (χ0v) is 12.6. The van der Waals surface area contributed by atoms with Crippen molar-refractivity contribution in [2.45, 2.75) is 31.2 Å². The minimum Gasteiger partial charge on any atom is -0.478 e. The first-order valence-corrected chi connectivity index (χ1v) is 7.75. The van der Waals surface area contributed by atoms with Gasteiger partial charge in [-0.1, -0.05) is 18.5 Å². The molecule has 1 rings (SSSR count). The predicted molar refractivity (Wildman–Crippen MR) is 74.6 cm³/mol. The van der Waals surface area contributed by atoms with Gasteiger partial charge in [0, 0.05) is 11.1 Å². The number of benzene rings is 1. The molecule has 0 radical (unpaired) electrons. The van der Waals surface area contributed by atoms with Crippen LogP contribution in [0.1, 0.15) is 29.3 Å². The third kappa shape index (κ3) is 3.69. The van der Waals surface area contributed by atoms with E-state index < -0.39 is 22.0 Å². The van der Waals surface area contributed by atoms with Crippen LogP contribution in [-0.2, 0) is 10.0 Å². The summed E-state index contributed by atoms with van der Waals surface area (Å²) in [6.07, 6.45) is 0.404. The predicted octanol–water partition coefficient (Wildman–Crippen LogP) is 1.40. The van der Waals surface area contributed by atoms with E-state index in [0.717, 1.165) is 0 Å². The summed E-state index contributed by atoms with van der Waals surface area (Å²) in [5, 5.41) is 18.1. The highest BCUT2D eigenvalue weighted by Crippen LogP contribution is 2.24. The fourth-order valence-electron chi connectivity index (χ4n) is 1.69. The summed E-state index contributed by atoms with van der Waals surface area (Å²) in [4.78, 5) is 10.9. The normalized spacial score (nSPS) is 13.2. The standard InChI is InChI=1S/C12H16ClNO5S/c1-3-9(6-15)14-20(18,19)11-5-8(13)4-10(7(11)2)12(16)17/h4-5,9,14-15H,3,6H2,1-2H3,(H,16,17). The lowest BCUT2D eigenvalue weighted by atomic mass is 10.1. The Kier molecular flexibility index (Phi) is 5.52. The zero-order valence-electron chi connectivity index (χ0n) is 11.1. The number of carboxylic acids is 1. The van der Waals surface area contributed by atoms with Gasteiger partial charge in [0.15, 0.2) is 0 Å². The maximum Gasteiger partial charge on any atom is 0.336 e. The molecule has 0 heterocycles. The van der Waals surface area contributed by atoms with Gasteiger partial charge in [0.25, 0.3) is 0 Å². The molecule has 0 spiro atoms. The van der Waals surface area contributed by atoms with Crippen molar-refractivity contribution in [2.75, 3.05) is 6.61 Å². The SMILES string of the molecule is CCC(CO)NS(=O)(=O)c1cc(Cl)cc(C(=O)O)c1C. The number of aliphatic hydroxyl groups excluding tert-OH is 1. The Labute approximate surface area is 122 Å². The molecular formula is C12H16ClNO5S. The van der Waals surface area contributed by atoms with Gasteiger partial charge < -0.3 is 10.2 Å². The third-order valence-corrected chi connectivity index (χ3v) is 4.74. The van der Waals surface area contributed by atoms with Crippen molar-refractivity contribution < 1.29 is 23.4 Å². The second-order valence-corrected chi connectivity index (χ2v) is 6.41. The summed E-state index contributed by atoms with van der Waals surface area (Å²) in [5.74, 6) is -1.25. The Balaban J connectivity index is 3.35. The lowest BCUT2D eigenvalue weighted by Crippen LogP contribution is -2.37. The van der Waals surface area contributed by atoms with Crippen LogP contribution in [0.5, 0.6) is 0 Å². The highest BCUT2D eigenvalue weighted by atomic mass is 35.5. The Morgan fingerprint density at radius 2 is 2.05 bits per heavy atom. The summed E-state index contributed by atoms with van der Waals surface area (Å²) in [6, 6.07) is 1.75. The molecule has 1 unspecified atom stereocenters. The number of sulfonamides is 1. The van der Waals surface area contributed by atoms with Crippen LogP contribution in [-0.4, -0.2) is 37.2 Å². The zero-order chi connectivity index (χ0) is 15.5. The topological polar surface area (TPSA) is 104 Å². The largest absolute Gasteiger partial charge is 0.478 e. The molecule has 1 aromatic carbocycles. The van der Waals surface area contributed by atoms with Gasteiger partial charge in [-0.15, -0.1) is 0 Å². The number of hydrogen-bond donors (Lipinski definition) is 3. The molecule has 0 aliphatic rings. The van der Waals surface area contributed by atoms with Crippen LogP contribution in [0.3, 0.4) is 0 Å². The lowest BCUT2D eigenvalue weighted by molar-refractivity contribution is 0.0696. The molecule has 0 aliphatic heterocycles. The minimum atomic E-state index is -3.95. The van der Waals surface area contributed by atoms with Gasteiger partial charge in [-0.25, -0.2) is 17.9 Å². The maximum atomic E-state index is 12.2. The molecule has 1 atom stereocenters. The van der Waals surface area contributed by atoms with Gasteiger partial charge >= 0.3 is 5.97 Å². The molecule has 20 heavy (non-hydrogen) atoms. The highest BCUT2D eigenvalue weighted by Gasteiger charge is 2.24. The molecule has 3 N–H and O–H groups in total. The van der Waals surface area contributed by atoms with Crippen LogP contribution in [0.2, 0.25) is 5.02 Å². The first-order chi connectivity index (χ1) is 9.22. The highest BCUT2D eigenvalue weighted by molar-refractivity contribution is 7.89. The van der Waals surface area contributed by atoms with E-state index in [1.54, 1.807) is 6.92 Å². The molecule has 0 aliphatic carbocycles. The van der Waals surface area contributed by atoms with Crippen molar-refractivity contribution >= 4 is 27.6 Å². The molecule has 8 heteroatoms. The molecule has 0 aromatic heterocycles. The monoisotopic (exact) mass is 321 g/mol. The molecule has 6 nitrogen and oxygen atoms in total. The van der Waals surface area contributed by atoms with Gasteiger partial charge in [-0.2, -0.15) is 0 Å². The number of rotatable bonds is 6. The number of carboxylic acid groups (broad SMARTS) is 1.